The number of aromatic nitrogens is 4. The lowest BCUT2D eigenvalue weighted by atomic mass is 10.2. The van der Waals surface area contributed by atoms with E-state index in [4.69, 9.17) is 10.5 Å². The number of sulfonamides is 1. The summed E-state index contributed by atoms with van der Waals surface area (Å²) >= 11 is 0. The molecule has 2 aromatic heterocycles. The van der Waals surface area contributed by atoms with E-state index in [2.05, 4.69) is 15.0 Å². The van der Waals surface area contributed by atoms with E-state index in [9.17, 15) is 17.6 Å². The fourth-order valence-electron chi connectivity index (χ4n) is 3.07. The van der Waals surface area contributed by atoms with E-state index < -0.39 is 27.4 Å². The van der Waals surface area contributed by atoms with Crippen molar-refractivity contribution in [1.29, 1.82) is 0 Å². The molecule has 0 aliphatic heterocycles. The molecule has 0 unspecified atom stereocenters. The van der Waals surface area contributed by atoms with Gasteiger partial charge in [0.15, 0.2) is 11.5 Å². The molecule has 0 aliphatic rings. The second-order valence-corrected chi connectivity index (χ2v) is 8.53. The van der Waals surface area contributed by atoms with Gasteiger partial charge in [-0.25, -0.2) is 32.6 Å². The van der Waals surface area contributed by atoms with Gasteiger partial charge in [-0.3, -0.25) is 0 Å². The summed E-state index contributed by atoms with van der Waals surface area (Å²) < 4.78 is 47.5. The molecule has 0 saturated heterocycles. The number of ether oxygens (including phenoxy) is 1. The Balaban J connectivity index is 1.66. The number of esters is 1. The Kier molecular flexibility index (Phi) is 6.81. The number of hydrogen-bond donors (Lipinski definition) is 1. The normalized spacial score (nSPS) is 11.9. The maximum Gasteiger partial charge on any atom is 0.341 e. The molecule has 0 aliphatic carbocycles. The number of benzene rings is 1. The van der Waals surface area contributed by atoms with Crippen molar-refractivity contribution in [2.45, 2.75) is 31.7 Å². The molecule has 31 heavy (non-hydrogen) atoms. The van der Waals surface area contributed by atoms with Crippen LogP contribution in [0.4, 0.5) is 10.2 Å². The van der Waals surface area contributed by atoms with E-state index >= 15 is 0 Å². The quantitative estimate of drug-likeness (QED) is 0.385. The number of fused-ring (bicyclic) bond motifs is 1. The largest absolute Gasteiger partial charge is 0.462 e. The van der Waals surface area contributed by atoms with E-state index in [0.717, 1.165) is 18.2 Å². The highest BCUT2D eigenvalue weighted by Crippen LogP contribution is 2.20. The molecule has 2 heterocycles. The van der Waals surface area contributed by atoms with Crippen LogP contribution in [0, 0.1) is 5.82 Å². The van der Waals surface area contributed by atoms with Gasteiger partial charge in [-0.05, 0) is 24.6 Å². The van der Waals surface area contributed by atoms with Crippen molar-refractivity contribution in [3.8, 4) is 0 Å². The lowest BCUT2D eigenvalue weighted by molar-refractivity contribution is 0.0490. The first-order chi connectivity index (χ1) is 14.8. The molecule has 10 nitrogen and oxygen atoms in total. The molecule has 0 amide bonds. The van der Waals surface area contributed by atoms with Crippen LogP contribution in [0.1, 0.15) is 30.6 Å². The van der Waals surface area contributed by atoms with Gasteiger partial charge in [-0.1, -0.05) is 13.8 Å². The lowest BCUT2D eigenvalue weighted by Gasteiger charge is -2.18. The van der Waals surface area contributed by atoms with Gasteiger partial charge in [0.2, 0.25) is 10.0 Å². The minimum atomic E-state index is -3.83. The van der Waals surface area contributed by atoms with Gasteiger partial charge in [0.05, 0.1) is 23.4 Å². The molecule has 3 aromatic rings. The van der Waals surface area contributed by atoms with Crippen molar-refractivity contribution in [3.05, 3.63) is 42.2 Å². The first-order valence-corrected chi connectivity index (χ1v) is 11.1. The predicted octanol–water partition coefficient (Wildman–Crippen LogP) is 1.83. The highest BCUT2D eigenvalue weighted by molar-refractivity contribution is 7.89. The number of anilines is 1. The van der Waals surface area contributed by atoms with Gasteiger partial charge >= 0.3 is 5.97 Å². The van der Waals surface area contributed by atoms with Crippen molar-refractivity contribution in [3.63, 3.8) is 0 Å². The zero-order valence-corrected chi connectivity index (χ0v) is 18.0. The van der Waals surface area contributed by atoms with Crippen LogP contribution >= 0.6 is 0 Å². The van der Waals surface area contributed by atoms with Gasteiger partial charge in [0.25, 0.3) is 0 Å². The molecule has 0 spiro atoms. The summed E-state index contributed by atoms with van der Waals surface area (Å²) in [6.45, 7) is 4.34. The average molecular weight is 450 g/mol. The number of nitrogens with two attached hydrogens (primary N) is 1. The Morgan fingerprint density at radius 1 is 1.23 bits per heavy atom. The third kappa shape index (κ3) is 4.64. The molecule has 0 fully saturated rings. The van der Waals surface area contributed by atoms with Crippen LogP contribution in [-0.2, 0) is 21.3 Å². The number of nitrogen functional groups attached to an aromatic ring is 1. The van der Waals surface area contributed by atoms with Crippen LogP contribution in [0.5, 0.6) is 0 Å². The van der Waals surface area contributed by atoms with Crippen LogP contribution in [0.25, 0.3) is 11.2 Å². The van der Waals surface area contributed by atoms with E-state index in [1.54, 1.807) is 24.7 Å². The number of halogens is 1. The Morgan fingerprint density at radius 2 is 1.97 bits per heavy atom. The minimum Gasteiger partial charge on any atom is -0.462 e. The Morgan fingerprint density at radius 3 is 2.68 bits per heavy atom. The lowest BCUT2D eigenvalue weighted by Crippen LogP contribution is -2.30. The standard InChI is InChI=1S/C19H23FN6O4S/c1-3-26(4-2)31(28,29)13-6-7-15(20)14(10-13)19(27)30-9-5-8-25-12-24-16-17(21)22-11-23-18(16)25/h6-7,10-12H,3-5,8-9H2,1-2H3,(H2,21,22,23). The van der Waals surface area contributed by atoms with E-state index in [1.807, 2.05) is 0 Å². The van der Waals surface area contributed by atoms with Crippen molar-refractivity contribution in [2.24, 2.45) is 0 Å². The number of carbonyl (C=O) groups is 1. The summed E-state index contributed by atoms with van der Waals surface area (Å²) in [6.07, 6.45) is 3.29. The van der Waals surface area contributed by atoms with Crippen LogP contribution in [0.3, 0.4) is 0 Å². The van der Waals surface area contributed by atoms with Crippen molar-refractivity contribution in [1.82, 2.24) is 23.8 Å². The van der Waals surface area contributed by atoms with Gasteiger partial charge in [0, 0.05) is 19.6 Å². The average Bonchev–Trinajstić information content (AvgIpc) is 3.16. The zero-order valence-electron chi connectivity index (χ0n) is 17.2. The molecule has 1 aromatic carbocycles. The minimum absolute atomic E-state index is 0.00840. The smallest absolute Gasteiger partial charge is 0.341 e. The van der Waals surface area contributed by atoms with E-state index in [0.29, 0.717) is 24.1 Å². The summed E-state index contributed by atoms with van der Waals surface area (Å²) in [4.78, 5) is 24.3. The second-order valence-electron chi connectivity index (χ2n) is 6.59. The van der Waals surface area contributed by atoms with Gasteiger partial charge < -0.3 is 15.0 Å². The molecule has 0 saturated carbocycles. The zero-order chi connectivity index (χ0) is 22.6. The summed E-state index contributed by atoms with van der Waals surface area (Å²) in [5, 5.41) is 0. The number of hydrogen-bond acceptors (Lipinski definition) is 8. The van der Waals surface area contributed by atoms with E-state index in [-0.39, 0.29) is 30.4 Å². The molecule has 0 radical (unpaired) electrons. The molecule has 12 heteroatoms. The third-order valence-electron chi connectivity index (χ3n) is 4.71. The number of carbonyl (C=O) groups excluding carboxylic acids is 1. The van der Waals surface area contributed by atoms with Crippen molar-refractivity contribution < 1.29 is 22.3 Å². The van der Waals surface area contributed by atoms with Crippen LogP contribution in [0.15, 0.2) is 35.7 Å². The number of nitrogens with zero attached hydrogens (tertiary/aromatic N) is 5. The second kappa shape index (κ2) is 9.35. The summed E-state index contributed by atoms with van der Waals surface area (Å²) in [6, 6.07) is 3.10. The molecule has 3 rings (SSSR count). The number of rotatable bonds is 9. The first-order valence-electron chi connectivity index (χ1n) is 9.67. The molecule has 2 N–H and O–H groups in total. The van der Waals surface area contributed by atoms with Crippen LogP contribution in [0.2, 0.25) is 0 Å². The first kappa shape index (κ1) is 22.6. The van der Waals surface area contributed by atoms with Crippen LogP contribution < -0.4 is 5.73 Å². The summed E-state index contributed by atoms with van der Waals surface area (Å²) in [7, 11) is -3.83. The predicted molar refractivity (Wildman–Crippen MR) is 111 cm³/mol. The Labute approximate surface area is 178 Å². The molecular formula is C19H23FN6O4S. The number of imidazole rings is 1. The topological polar surface area (TPSA) is 133 Å². The fourth-order valence-corrected chi connectivity index (χ4v) is 4.56. The molecular weight excluding hydrogens is 427 g/mol. The summed E-state index contributed by atoms with van der Waals surface area (Å²) in [5.74, 6) is -1.52. The van der Waals surface area contributed by atoms with Crippen molar-refractivity contribution in [2.75, 3.05) is 25.4 Å². The van der Waals surface area contributed by atoms with Gasteiger partial charge in [-0.15, -0.1) is 0 Å². The van der Waals surface area contributed by atoms with Crippen molar-refractivity contribution >= 4 is 33.0 Å². The van der Waals surface area contributed by atoms with E-state index in [1.165, 1.54) is 10.6 Å². The fraction of sp³-hybridized carbons (Fsp3) is 0.368. The highest BCUT2D eigenvalue weighted by atomic mass is 32.2. The molecule has 0 atom stereocenters. The Hall–Kier alpha value is -3.12. The Bertz CT molecular complexity index is 1190. The molecule has 0 bridgehead atoms. The number of aryl methyl sites for hydroxylation is 1. The molecule has 166 valence electrons. The highest BCUT2D eigenvalue weighted by Gasteiger charge is 2.24. The van der Waals surface area contributed by atoms with Crippen LogP contribution in [-0.4, -0.2) is 57.9 Å². The third-order valence-corrected chi connectivity index (χ3v) is 6.75. The maximum absolute atomic E-state index is 14.2. The summed E-state index contributed by atoms with van der Waals surface area (Å²) in [5.41, 5.74) is 6.35. The maximum atomic E-state index is 14.2. The monoisotopic (exact) mass is 450 g/mol. The van der Waals surface area contributed by atoms with Gasteiger partial charge in [-0.2, -0.15) is 4.31 Å². The van der Waals surface area contributed by atoms with Gasteiger partial charge in [0.1, 0.15) is 17.7 Å². The SMILES string of the molecule is CCN(CC)S(=O)(=O)c1ccc(F)c(C(=O)OCCCn2cnc3c(N)ncnc32)c1.